The van der Waals surface area contributed by atoms with Crippen molar-refractivity contribution in [2.24, 2.45) is 0 Å². The number of halogens is 1. The summed E-state index contributed by atoms with van der Waals surface area (Å²) >= 11 is 7.38. The molecule has 0 saturated heterocycles. The Labute approximate surface area is 183 Å². The van der Waals surface area contributed by atoms with Gasteiger partial charge in [0.2, 0.25) is 11.8 Å². The van der Waals surface area contributed by atoms with Crippen LogP contribution in [0.1, 0.15) is 37.8 Å². The summed E-state index contributed by atoms with van der Waals surface area (Å²) < 4.78 is 0. The fourth-order valence-electron chi connectivity index (χ4n) is 2.88. The van der Waals surface area contributed by atoms with Crippen LogP contribution in [0.5, 0.6) is 0 Å². The second kappa shape index (κ2) is 11.9. The molecule has 0 radical (unpaired) electrons. The van der Waals surface area contributed by atoms with Gasteiger partial charge in [0.05, 0.1) is 5.75 Å². The first-order valence-electron chi connectivity index (χ1n) is 9.91. The molecule has 0 aliphatic rings. The van der Waals surface area contributed by atoms with E-state index in [1.807, 2.05) is 55.5 Å². The fourth-order valence-corrected chi connectivity index (χ4v) is 3.80. The van der Waals surface area contributed by atoms with Crippen molar-refractivity contribution in [2.45, 2.75) is 51.1 Å². The molecule has 0 aromatic heterocycles. The standard InChI is InChI=1S/C23H29ClN2O2S/c1-4-5-13-25-23(28)18(3)26(15-19-8-6-7-17(2)14-19)22(27)16-29-21-11-9-20(24)10-12-21/h6-12,14,18H,4-5,13,15-16H2,1-3H3,(H,25,28). The average molecular weight is 433 g/mol. The molecule has 4 nitrogen and oxygen atoms in total. The van der Waals surface area contributed by atoms with Crippen LogP contribution < -0.4 is 5.32 Å². The van der Waals surface area contributed by atoms with Gasteiger partial charge >= 0.3 is 0 Å². The van der Waals surface area contributed by atoms with E-state index in [1.165, 1.54) is 11.8 Å². The van der Waals surface area contributed by atoms with Gasteiger partial charge in [-0.1, -0.05) is 54.8 Å². The number of hydrogen-bond acceptors (Lipinski definition) is 3. The van der Waals surface area contributed by atoms with E-state index in [1.54, 1.807) is 11.8 Å². The largest absolute Gasteiger partial charge is 0.354 e. The molecule has 0 heterocycles. The second-order valence-corrected chi connectivity index (χ2v) is 8.56. The zero-order chi connectivity index (χ0) is 21.2. The minimum atomic E-state index is -0.536. The number of thioether (sulfide) groups is 1. The third-order valence-electron chi connectivity index (χ3n) is 4.61. The van der Waals surface area contributed by atoms with Crippen LogP contribution >= 0.6 is 23.4 Å². The molecule has 0 aliphatic carbocycles. The van der Waals surface area contributed by atoms with Crippen LogP contribution in [0.2, 0.25) is 5.02 Å². The summed E-state index contributed by atoms with van der Waals surface area (Å²) in [5, 5.41) is 3.61. The smallest absolute Gasteiger partial charge is 0.242 e. The van der Waals surface area contributed by atoms with E-state index >= 15 is 0 Å². The van der Waals surface area contributed by atoms with Gasteiger partial charge in [-0.05, 0) is 50.1 Å². The summed E-state index contributed by atoms with van der Waals surface area (Å²) in [5.74, 6) is 0.0839. The van der Waals surface area contributed by atoms with Crippen LogP contribution in [0.4, 0.5) is 0 Å². The molecule has 29 heavy (non-hydrogen) atoms. The van der Waals surface area contributed by atoms with E-state index in [9.17, 15) is 9.59 Å². The Kier molecular flexibility index (Phi) is 9.55. The highest BCUT2D eigenvalue weighted by atomic mass is 35.5. The zero-order valence-electron chi connectivity index (χ0n) is 17.3. The van der Waals surface area contributed by atoms with Crippen LogP contribution in [0, 0.1) is 6.92 Å². The number of carbonyl (C=O) groups excluding carboxylic acids is 2. The van der Waals surface area contributed by atoms with E-state index < -0.39 is 6.04 Å². The third-order valence-corrected chi connectivity index (χ3v) is 5.86. The minimum Gasteiger partial charge on any atom is -0.354 e. The average Bonchev–Trinajstić information content (AvgIpc) is 2.71. The molecule has 0 fully saturated rings. The summed E-state index contributed by atoms with van der Waals surface area (Å²) in [6.07, 6.45) is 1.94. The van der Waals surface area contributed by atoms with Crippen molar-refractivity contribution in [3.05, 3.63) is 64.7 Å². The van der Waals surface area contributed by atoms with Crippen molar-refractivity contribution >= 4 is 35.2 Å². The predicted octanol–water partition coefficient (Wildman–Crippen LogP) is 5.07. The third kappa shape index (κ3) is 7.75. The Hall–Kier alpha value is -1.98. The number of nitrogens with zero attached hydrogens (tertiary/aromatic N) is 1. The van der Waals surface area contributed by atoms with Gasteiger partial charge < -0.3 is 10.2 Å². The number of carbonyl (C=O) groups is 2. The number of benzene rings is 2. The second-order valence-electron chi connectivity index (χ2n) is 7.07. The molecular formula is C23H29ClN2O2S. The van der Waals surface area contributed by atoms with Gasteiger partial charge in [0.25, 0.3) is 0 Å². The van der Waals surface area contributed by atoms with Crippen LogP contribution in [-0.2, 0) is 16.1 Å². The van der Waals surface area contributed by atoms with Crippen LogP contribution in [-0.4, -0.2) is 35.1 Å². The highest BCUT2D eigenvalue weighted by Crippen LogP contribution is 2.22. The van der Waals surface area contributed by atoms with Crippen molar-refractivity contribution < 1.29 is 9.59 Å². The van der Waals surface area contributed by atoms with Crippen molar-refractivity contribution in [2.75, 3.05) is 12.3 Å². The monoisotopic (exact) mass is 432 g/mol. The molecule has 2 aromatic carbocycles. The highest BCUT2D eigenvalue weighted by Gasteiger charge is 2.26. The molecular weight excluding hydrogens is 404 g/mol. The molecule has 1 N–H and O–H groups in total. The fraction of sp³-hybridized carbons (Fsp3) is 0.391. The Morgan fingerprint density at radius 3 is 2.55 bits per heavy atom. The molecule has 1 atom stereocenters. The molecule has 0 spiro atoms. The Morgan fingerprint density at radius 1 is 1.17 bits per heavy atom. The van der Waals surface area contributed by atoms with Gasteiger partial charge in [0, 0.05) is 23.0 Å². The number of unbranched alkanes of at least 4 members (excludes halogenated alkanes) is 1. The van der Waals surface area contributed by atoms with Gasteiger partial charge in [0.15, 0.2) is 0 Å². The molecule has 156 valence electrons. The molecule has 1 unspecified atom stereocenters. The lowest BCUT2D eigenvalue weighted by molar-refractivity contribution is -0.138. The Morgan fingerprint density at radius 2 is 1.90 bits per heavy atom. The lowest BCUT2D eigenvalue weighted by Gasteiger charge is -2.29. The maximum Gasteiger partial charge on any atom is 0.242 e. The number of amides is 2. The number of aryl methyl sites for hydroxylation is 1. The topological polar surface area (TPSA) is 49.4 Å². The molecule has 0 bridgehead atoms. The molecule has 2 amide bonds. The SMILES string of the molecule is CCCCNC(=O)C(C)N(Cc1cccc(C)c1)C(=O)CSc1ccc(Cl)cc1. The first-order valence-corrected chi connectivity index (χ1v) is 11.3. The summed E-state index contributed by atoms with van der Waals surface area (Å²) in [5.41, 5.74) is 2.15. The first kappa shape index (κ1) is 23.3. The summed E-state index contributed by atoms with van der Waals surface area (Å²) in [7, 11) is 0. The summed E-state index contributed by atoms with van der Waals surface area (Å²) in [6.45, 7) is 6.93. The summed E-state index contributed by atoms with van der Waals surface area (Å²) in [4.78, 5) is 28.3. The van der Waals surface area contributed by atoms with Crippen molar-refractivity contribution in [1.29, 1.82) is 0 Å². The van der Waals surface area contributed by atoms with Crippen molar-refractivity contribution in [1.82, 2.24) is 10.2 Å². The predicted molar refractivity (Wildman–Crippen MR) is 121 cm³/mol. The van der Waals surface area contributed by atoms with E-state index in [0.717, 1.165) is 28.9 Å². The number of nitrogens with one attached hydrogen (secondary N) is 1. The zero-order valence-corrected chi connectivity index (χ0v) is 18.9. The van der Waals surface area contributed by atoms with Crippen LogP contribution in [0.15, 0.2) is 53.4 Å². The van der Waals surface area contributed by atoms with Crippen LogP contribution in [0.25, 0.3) is 0 Å². The van der Waals surface area contributed by atoms with Gasteiger partial charge in [0.1, 0.15) is 6.04 Å². The molecule has 2 rings (SSSR count). The van der Waals surface area contributed by atoms with Crippen molar-refractivity contribution in [3.63, 3.8) is 0 Å². The van der Waals surface area contributed by atoms with Gasteiger partial charge in [-0.25, -0.2) is 0 Å². The highest BCUT2D eigenvalue weighted by molar-refractivity contribution is 8.00. The quantitative estimate of drug-likeness (QED) is 0.421. The number of rotatable bonds is 10. The Bertz CT molecular complexity index is 811. The normalized spacial score (nSPS) is 11.7. The van der Waals surface area contributed by atoms with Crippen molar-refractivity contribution in [3.8, 4) is 0 Å². The van der Waals surface area contributed by atoms with E-state index in [-0.39, 0.29) is 17.6 Å². The number of hydrogen-bond donors (Lipinski definition) is 1. The summed E-state index contributed by atoms with van der Waals surface area (Å²) in [6, 6.07) is 14.9. The molecule has 6 heteroatoms. The first-order chi connectivity index (χ1) is 13.9. The van der Waals surface area contributed by atoms with Gasteiger partial charge in [-0.3, -0.25) is 9.59 Å². The van der Waals surface area contributed by atoms with E-state index in [4.69, 9.17) is 11.6 Å². The van der Waals surface area contributed by atoms with Gasteiger partial charge in [-0.2, -0.15) is 0 Å². The minimum absolute atomic E-state index is 0.0652. The van der Waals surface area contributed by atoms with E-state index in [0.29, 0.717) is 18.1 Å². The van der Waals surface area contributed by atoms with E-state index in [2.05, 4.69) is 12.2 Å². The molecule has 0 aliphatic heterocycles. The maximum absolute atomic E-state index is 13.0. The van der Waals surface area contributed by atoms with Gasteiger partial charge in [-0.15, -0.1) is 11.8 Å². The molecule has 2 aromatic rings. The molecule has 0 saturated carbocycles. The lowest BCUT2D eigenvalue weighted by Crippen LogP contribution is -2.48. The Balaban J connectivity index is 2.10. The lowest BCUT2D eigenvalue weighted by atomic mass is 10.1. The maximum atomic E-state index is 13.0. The van der Waals surface area contributed by atoms with Crippen LogP contribution in [0.3, 0.4) is 0 Å².